The fourth-order valence-corrected chi connectivity index (χ4v) is 5.81. The average molecular weight is 670 g/mol. The standard InChI is InChI=1S/C44H63NO4/c1-3-5-7-9-11-13-15-17-19-21-35-47-41-31-25-39(26-32-41)44(46)49-43-29-23-38(24-30-43)37-45-40-27-33-42(34-28-40)48-36-22-20-18-16-14-12-10-8-6-4-2/h23-34,37H,3-22,35-36H2,1-2H3. The van der Waals surface area contributed by atoms with Gasteiger partial charge >= 0.3 is 5.97 Å². The third-order valence-electron chi connectivity index (χ3n) is 8.91. The Morgan fingerprint density at radius 3 is 1.33 bits per heavy atom. The van der Waals surface area contributed by atoms with Crippen molar-refractivity contribution in [3.8, 4) is 17.2 Å². The van der Waals surface area contributed by atoms with Gasteiger partial charge < -0.3 is 14.2 Å². The van der Waals surface area contributed by atoms with Gasteiger partial charge in [-0.05, 0) is 91.2 Å². The summed E-state index contributed by atoms with van der Waals surface area (Å²) in [6, 6.07) is 22.4. The Balaban J connectivity index is 1.26. The van der Waals surface area contributed by atoms with Gasteiger partial charge in [0.1, 0.15) is 17.2 Å². The molecule has 0 bridgehead atoms. The maximum Gasteiger partial charge on any atom is 0.343 e. The summed E-state index contributed by atoms with van der Waals surface area (Å²) in [5.41, 5.74) is 2.27. The van der Waals surface area contributed by atoms with Gasteiger partial charge in [0.05, 0.1) is 24.5 Å². The molecule has 0 amide bonds. The lowest BCUT2D eigenvalue weighted by atomic mass is 10.1. The number of nitrogens with zero attached hydrogens (tertiary/aromatic N) is 1. The minimum Gasteiger partial charge on any atom is -0.494 e. The van der Waals surface area contributed by atoms with Crippen molar-refractivity contribution in [2.24, 2.45) is 4.99 Å². The van der Waals surface area contributed by atoms with E-state index < -0.39 is 5.97 Å². The van der Waals surface area contributed by atoms with E-state index in [0.717, 1.165) is 42.2 Å². The zero-order valence-electron chi connectivity index (χ0n) is 30.6. The van der Waals surface area contributed by atoms with Crippen molar-refractivity contribution in [3.05, 3.63) is 83.9 Å². The lowest BCUT2D eigenvalue weighted by molar-refractivity contribution is 0.0734. The molecule has 3 aromatic carbocycles. The van der Waals surface area contributed by atoms with Gasteiger partial charge in [-0.2, -0.15) is 0 Å². The Labute approximate surface area is 297 Å². The van der Waals surface area contributed by atoms with Gasteiger partial charge in [0.15, 0.2) is 0 Å². The highest BCUT2D eigenvalue weighted by molar-refractivity contribution is 5.91. The minimum atomic E-state index is -0.391. The quantitative estimate of drug-likeness (QED) is 0.0334. The molecular formula is C44H63NO4. The first-order valence-electron chi connectivity index (χ1n) is 19.5. The van der Waals surface area contributed by atoms with Gasteiger partial charge in [0.25, 0.3) is 0 Å². The van der Waals surface area contributed by atoms with E-state index in [0.29, 0.717) is 17.9 Å². The molecule has 0 heterocycles. The second-order valence-corrected chi connectivity index (χ2v) is 13.3. The fourth-order valence-electron chi connectivity index (χ4n) is 5.81. The van der Waals surface area contributed by atoms with Crippen LogP contribution in [0, 0.1) is 0 Å². The minimum absolute atomic E-state index is 0.391. The van der Waals surface area contributed by atoms with Crippen LogP contribution >= 0.6 is 0 Å². The molecule has 0 unspecified atom stereocenters. The van der Waals surface area contributed by atoms with Crippen LogP contribution in [0.5, 0.6) is 17.2 Å². The normalized spacial score (nSPS) is 11.2. The molecule has 0 fully saturated rings. The van der Waals surface area contributed by atoms with Crippen molar-refractivity contribution in [2.45, 2.75) is 142 Å². The van der Waals surface area contributed by atoms with E-state index in [1.807, 2.05) is 48.5 Å². The zero-order chi connectivity index (χ0) is 34.6. The lowest BCUT2D eigenvalue weighted by Crippen LogP contribution is -2.08. The summed E-state index contributed by atoms with van der Waals surface area (Å²) in [6.45, 7) is 5.99. The van der Waals surface area contributed by atoms with E-state index in [2.05, 4.69) is 18.8 Å². The maximum absolute atomic E-state index is 12.7. The van der Waals surface area contributed by atoms with Crippen molar-refractivity contribution in [1.82, 2.24) is 0 Å². The molecule has 49 heavy (non-hydrogen) atoms. The number of esters is 1. The van der Waals surface area contributed by atoms with Crippen LogP contribution in [0.4, 0.5) is 5.69 Å². The molecular weight excluding hydrogens is 606 g/mol. The van der Waals surface area contributed by atoms with Crippen molar-refractivity contribution in [1.29, 1.82) is 0 Å². The monoisotopic (exact) mass is 669 g/mol. The number of ether oxygens (including phenoxy) is 3. The molecule has 0 spiro atoms. The van der Waals surface area contributed by atoms with Crippen LogP contribution in [0.1, 0.15) is 158 Å². The Hall–Kier alpha value is -3.60. The average Bonchev–Trinajstić information content (AvgIpc) is 3.13. The van der Waals surface area contributed by atoms with Gasteiger partial charge in [0.2, 0.25) is 0 Å². The zero-order valence-corrected chi connectivity index (χ0v) is 30.6. The number of rotatable bonds is 28. The number of unbranched alkanes of at least 4 members (excludes halogenated alkanes) is 18. The highest BCUT2D eigenvalue weighted by Gasteiger charge is 2.09. The van der Waals surface area contributed by atoms with E-state index in [-0.39, 0.29) is 0 Å². The lowest BCUT2D eigenvalue weighted by Gasteiger charge is -2.08. The van der Waals surface area contributed by atoms with E-state index in [9.17, 15) is 4.79 Å². The molecule has 0 aliphatic rings. The Kier molecular flexibility index (Phi) is 21.4. The molecule has 5 nitrogen and oxygen atoms in total. The summed E-state index contributed by atoms with van der Waals surface area (Å²) in [4.78, 5) is 17.3. The van der Waals surface area contributed by atoms with Gasteiger partial charge in [-0.15, -0.1) is 0 Å². The summed E-state index contributed by atoms with van der Waals surface area (Å²) in [5.74, 6) is 1.76. The second kappa shape index (κ2) is 26.3. The van der Waals surface area contributed by atoms with Crippen LogP contribution in [0.25, 0.3) is 0 Å². The van der Waals surface area contributed by atoms with Crippen LogP contribution in [-0.4, -0.2) is 25.4 Å². The van der Waals surface area contributed by atoms with Crippen molar-refractivity contribution >= 4 is 17.9 Å². The largest absolute Gasteiger partial charge is 0.494 e. The van der Waals surface area contributed by atoms with Crippen molar-refractivity contribution < 1.29 is 19.0 Å². The molecule has 3 aromatic rings. The summed E-state index contributed by atoms with van der Waals surface area (Å²) in [6.07, 6.45) is 28.1. The number of benzene rings is 3. The molecule has 0 aliphatic heterocycles. The summed E-state index contributed by atoms with van der Waals surface area (Å²) >= 11 is 0. The molecule has 0 aromatic heterocycles. The maximum atomic E-state index is 12.7. The first-order chi connectivity index (χ1) is 24.2. The molecule has 0 aliphatic carbocycles. The Morgan fingerprint density at radius 2 is 0.878 bits per heavy atom. The predicted molar refractivity (Wildman–Crippen MR) is 206 cm³/mol. The third-order valence-corrected chi connectivity index (χ3v) is 8.91. The van der Waals surface area contributed by atoms with Crippen LogP contribution < -0.4 is 14.2 Å². The van der Waals surface area contributed by atoms with Crippen LogP contribution in [0.3, 0.4) is 0 Å². The van der Waals surface area contributed by atoms with E-state index >= 15 is 0 Å². The molecule has 268 valence electrons. The number of hydrogen-bond donors (Lipinski definition) is 0. The van der Waals surface area contributed by atoms with E-state index in [1.165, 1.54) is 116 Å². The summed E-state index contributed by atoms with van der Waals surface area (Å²) < 4.78 is 17.4. The smallest absolute Gasteiger partial charge is 0.343 e. The van der Waals surface area contributed by atoms with E-state index in [1.54, 1.807) is 30.5 Å². The van der Waals surface area contributed by atoms with Crippen LogP contribution in [-0.2, 0) is 0 Å². The predicted octanol–water partition coefficient (Wildman–Crippen LogP) is 13.3. The summed E-state index contributed by atoms with van der Waals surface area (Å²) in [5, 5.41) is 0. The van der Waals surface area contributed by atoms with Crippen molar-refractivity contribution in [3.63, 3.8) is 0 Å². The SMILES string of the molecule is CCCCCCCCCCCCOc1ccc(N=Cc2ccc(OC(=O)c3ccc(OCCCCCCCCCCCC)cc3)cc2)cc1. The first-order valence-corrected chi connectivity index (χ1v) is 19.5. The molecule has 0 atom stereocenters. The highest BCUT2D eigenvalue weighted by atomic mass is 16.5. The van der Waals surface area contributed by atoms with E-state index in [4.69, 9.17) is 14.2 Å². The van der Waals surface area contributed by atoms with Crippen LogP contribution in [0.15, 0.2) is 77.8 Å². The molecule has 0 saturated heterocycles. The number of carbonyl (C=O) groups excluding carboxylic acids is 1. The Morgan fingerprint density at radius 1 is 0.490 bits per heavy atom. The van der Waals surface area contributed by atoms with Gasteiger partial charge in [-0.3, -0.25) is 4.99 Å². The second-order valence-electron chi connectivity index (χ2n) is 13.3. The van der Waals surface area contributed by atoms with Crippen LogP contribution in [0.2, 0.25) is 0 Å². The number of hydrogen-bond acceptors (Lipinski definition) is 5. The van der Waals surface area contributed by atoms with Gasteiger partial charge in [0, 0.05) is 6.21 Å². The number of aliphatic imine (C=N–C) groups is 1. The molecule has 0 N–H and O–H groups in total. The first kappa shape index (κ1) is 39.8. The topological polar surface area (TPSA) is 57.1 Å². The van der Waals surface area contributed by atoms with Gasteiger partial charge in [-0.1, -0.05) is 129 Å². The molecule has 0 radical (unpaired) electrons. The molecule has 5 heteroatoms. The highest BCUT2D eigenvalue weighted by Crippen LogP contribution is 2.21. The van der Waals surface area contributed by atoms with Crippen molar-refractivity contribution in [2.75, 3.05) is 13.2 Å². The summed E-state index contributed by atoms with van der Waals surface area (Å²) in [7, 11) is 0. The number of carbonyl (C=O) groups is 1. The Bertz CT molecular complexity index is 1270. The fraction of sp³-hybridized carbons (Fsp3) is 0.545. The van der Waals surface area contributed by atoms with Gasteiger partial charge in [-0.25, -0.2) is 4.79 Å². The molecule has 3 rings (SSSR count). The molecule has 0 saturated carbocycles. The third kappa shape index (κ3) is 18.7.